The van der Waals surface area contributed by atoms with Crippen molar-refractivity contribution in [1.29, 1.82) is 0 Å². The summed E-state index contributed by atoms with van der Waals surface area (Å²) in [5.41, 5.74) is -0.603. The van der Waals surface area contributed by atoms with Crippen molar-refractivity contribution in [2.24, 2.45) is 5.92 Å². The first-order valence-corrected chi connectivity index (χ1v) is 5.94. The number of carbonyl (C=O) groups excluding carboxylic acids is 2. The van der Waals surface area contributed by atoms with Crippen molar-refractivity contribution >= 4 is 12.1 Å². The zero-order valence-corrected chi connectivity index (χ0v) is 11.3. The van der Waals surface area contributed by atoms with Gasteiger partial charge in [0.05, 0.1) is 12.6 Å². The van der Waals surface area contributed by atoms with E-state index in [4.69, 9.17) is 9.47 Å². The molecule has 0 N–H and O–H groups in total. The predicted molar refractivity (Wildman–Crippen MR) is 61.7 cm³/mol. The molecule has 1 fully saturated rings. The highest BCUT2D eigenvalue weighted by atomic mass is 16.6. The average Bonchev–Trinajstić information content (AvgIpc) is 2.26. The minimum Gasteiger partial charge on any atom is -0.550 e. The van der Waals surface area contributed by atoms with Gasteiger partial charge in [-0.1, -0.05) is 0 Å². The number of carbonyl (C=O) groups is 2. The molecule has 0 radical (unpaired) electrons. The lowest BCUT2D eigenvalue weighted by Gasteiger charge is -2.38. The molecule has 1 saturated heterocycles. The van der Waals surface area contributed by atoms with Gasteiger partial charge in [-0.3, -0.25) is 0 Å². The molecule has 0 aromatic carbocycles. The Morgan fingerprint density at radius 3 is 2.33 bits per heavy atom. The molecule has 18 heavy (non-hydrogen) atoms. The molecule has 6 nitrogen and oxygen atoms in total. The lowest BCUT2D eigenvalue weighted by Crippen LogP contribution is -2.52. The van der Waals surface area contributed by atoms with Crippen LogP contribution in [0.2, 0.25) is 0 Å². The van der Waals surface area contributed by atoms with E-state index in [1.54, 1.807) is 20.8 Å². The molecule has 0 saturated carbocycles. The predicted octanol–water partition coefficient (Wildman–Crippen LogP) is 0.00830. The minimum absolute atomic E-state index is 0.108. The number of piperidine rings is 1. The normalized spacial score (nSPS) is 24.8. The molecule has 0 bridgehead atoms. The molecule has 1 aliphatic rings. The summed E-state index contributed by atoms with van der Waals surface area (Å²) < 4.78 is 10.4. The Balaban J connectivity index is 2.69. The van der Waals surface area contributed by atoms with Gasteiger partial charge in [-0.15, -0.1) is 0 Å². The highest BCUT2D eigenvalue weighted by molar-refractivity contribution is 5.72. The average molecular weight is 258 g/mol. The smallest absolute Gasteiger partial charge is 0.410 e. The van der Waals surface area contributed by atoms with Gasteiger partial charge in [0.2, 0.25) is 0 Å². The second kappa shape index (κ2) is 5.56. The molecule has 2 atom stereocenters. The van der Waals surface area contributed by atoms with E-state index in [9.17, 15) is 14.7 Å². The van der Waals surface area contributed by atoms with E-state index in [1.165, 1.54) is 12.0 Å². The van der Waals surface area contributed by atoms with E-state index in [0.717, 1.165) is 0 Å². The van der Waals surface area contributed by atoms with Gasteiger partial charge >= 0.3 is 6.09 Å². The Labute approximate surface area is 107 Å². The standard InChI is InChI=1S/C12H21NO5/c1-12(2,3)18-11(16)13-6-8(10(14)15)5-9(7-13)17-4/h8-9H,5-7H2,1-4H3,(H,14,15)/p-1. The molecule has 1 aliphatic heterocycles. The van der Waals surface area contributed by atoms with Crippen molar-refractivity contribution in [2.75, 3.05) is 20.2 Å². The first kappa shape index (κ1) is 14.8. The Bertz CT molecular complexity index is 323. The number of amides is 1. The number of nitrogens with zero attached hydrogens (tertiary/aromatic N) is 1. The van der Waals surface area contributed by atoms with Crippen LogP contribution in [0.3, 0.4) is 0 Å². The molecule has 0 aromatic rings. The SMILES string of the molecule is COC1CC(C(=O)[O-])CN(C(=O)OC(C)(C)C)C1. The van der Waals surface area contributed by atoms with Crippen LogP contribution in [0.15, 0.2) is 0 Å². The Morgan fingerprint density at radius 1 is 1.28 bits per heavy atom. The molecule has 1 rings (SSSR count). The number of aliphatic carboxylic acids is 1. The number of ether oxygens (including phenoxy) is 2. The fourth-order valence-corrected chi connectivity index (χ4v) is 1.87. The third-order valence-electron chi connectivity index (χ3n) is 2.73. The molecule has 1 heterocycles. The van der Waals surface area contributed by atoms with E-state index in [2.05, 4.69) is 0 Å². The largest absolute Gasteiger partial charge is 0.550 e. The maximum absolute atomic E-state index is 11.9. The minimum atomic E-state index is -1.16. The Kier molecular flexibility index (Phi) is 4.56. The zero-order chi connectivity index (χ0) is 13.9. The lowest BCUT2D eigenvalue weighted by molar-refractivity contribution is -0.313. The van der Waals surface area contributed by atoms with E-state index in [1.807, 2.05) is 0 Å². The van der Waals surface area contributed by atoms with Crippen LogP contribution in [0.4, 0.5) is 4.79 Å². The molecular weight excluding hydrogens is 238 g/mol. The number of carboxylic acid groups (broad SMARTS) is 1. The topological polar surface area (TPSA) is 78.9 Å². The number of carboxylic acids is 1. The Morgan fingerprint density at radius 2 is 1.89 bits per heavy atom. The van der Waals surface area contributed by atoms with E-state index >= 15 is 0 Å². The monoisotopic (exact) mass is 258 g/mol. The highest BCUT2D eigenvalue weighted by Crippen LogP contribution is 2.20. The quantitative estimate of drug-likeness (QED) is 0.697. The molecule has 0 spiro atoms. The second-order valence-corrected chi connectivity index (χ2v) is 5.49. The summed E-state index contributed by atoms with van der Waals surface area (Å²) in [5, 5.41) is 10.9. The molecule has 104 valence electrons. The fraction of sp³-hybridized carbons (Fsp3) is 0.833. The molecule has 0 aromatic heterocycles. The number of likely N-dealkylation sites (tertiary alicyclic amines) is 1. The van der Waals surface area contributed by atoms with Crippen molar-refractivity contribution in [2.45, 2.75) is 38.9 Å². The van der Waals surface area contributed by atoms with Crippen molar-refractivity contribution in [3.05, 3.63) is 0 Å². The first-order chi connectivity index (χ1) is 8.23. The maximum atomic E-state index is 11.9. The fourth-order valence-electron chi connectivity index (χ4n) is 1.87. The third kappa shape index (κ3) is 4.18. The summed E-state index contributed by atoms with van der Waals surface area (Å²) in [5.74, 6) is -1.87. The second-order valence-electron chi connectivity index (χ2n) is 5.49. The van der Waals surface area contributed by atoms with Crippen molar-refractivity contribution in [3.63, 3.8) is 0 Å². The molecular formula is C12H20NO5-. The summed E-state index contributed by atoms with van der Waals surface area (Å²) in [6, 6.07) is 0. The number of hydrogen-bond donors (Lipinski definition) is 0. The van der Waals surface area contributed by atoms with Crippen molar-refractivity contribution in [3.8, 4) is 0 Å². The lowest BCUT2D eigenvalue weighted by atomic mass is 9.96. The van der Waals surface area contributed by atoms with E-state index < -0.39 is 23.6 Å². The Hall–Kier alpha value is -1.30. The van der Waals surface area contributed by atoms with Crippen molar-refractivity contribution in [1.82, 2.24) is 4.90 Å². The molecule has 0 aliphatic carbocycles. The summed E-state index contributed by atoms with van der Waals surface area (Å²) in [6.07, 6.45) is -0.456. The first-order valence-electron chi connectivity index (χ1n) is 5.94. The number of rotatable bonds is 2. The van der Waals surface area contributed by atoms with Crippen LogP contribution in [0.5, 0.6) is 0 Å². The summed E-state index contributed by atoms with van der Waals surface area (Å²) in [7, 11) is 1.50. The van der Waals surface area contributed by atoms with Gasteiger partial charge in [-0.2, -0.15) is 0 Å². The molecule has 6 heteroatoms. The maximum Gasteiger partial charge on any atom is 0.410 e. The number of methoxy groups -OCH3 is 1. The van der Waals surface area contributed by atoms with Gasteiger partial charge in [0.25, 0.3) is 0 Å². The van der Waals surface area contributed by atoms with Crippen LogP contribution in [-0.4, -0.2) is 48.9 Å². The summed E-state index contributed by atoms with van der Waals surface area (Å²) in [6.45, 7) is 5.74. The van der Waals surface area contributed by atoms with Crippen LogP contribution in [-0.2, 0) is 14.3 Å². The van der Waals surface area contributed by atoms with E-state index in [0.29, 0.717) is 13.0 Å². The molecule has 1 amide bonds. The number of hydrogen-bond acceptors (Lipinski definition) is 5. The van der Waals surface area contributed by atoms with Crippen LogP contribution >= 0.6 is 0 Å². The van der Waals surface area contributed by atoms with Gasteiger partial charge < -0.3 is 24.3 Å². The summed E-state index contributed by atoms with van der Waals surface area (Å²) in [4.78, 5) is 24.2. The van der Waals surface area contributed by atoms with Crippen molar-refractivity contribution < 1.29 is 24.2 Å². The highest BCUT2D eigenvalue weighted by Gasteiger charge is 2.33. The zero-order valence-electron chi connectivity index (χ0n) is 11.3. The van der Waals surface area contributed by atoms with Gasteiger partial charge in [-0.05, 0) is 27.2 Å². The van der Waals surface area contributed by atoms with Crippen LogP contribution in [0, 0.1) is 5.92 Å². The van der Waals surface area contributed by atoms with Crippen LogP contribution < -0.4 is 5.11 Å². The van der Waals surface area contributed by atoms with Gasteiger partial charge in [0.15, 0.2) is 0 Å². The van der Waals surface area contributed by atoms with Gasteiger partial charge in [0, 0.05) is 25.5 Å². The van der Waals surface area contributed by atoms with Crippen LogP contribution in [0.1, 0.15) is 27.2 Å². The van der Waals surface area contributed by atoms with Gasteiger partial charge in [-0.25, -0.2) is 4.79 Å². The van der Waals surface area contributed by atoms with Gasteiger partial charge in [0.1, 0.15) is 5.60 Å². The molecule has 2 unspecified atom stereocenters. The van der Waals surface area contributed by atoms with Crippen LogP contribution in [0.25, 0.3) is 0 Å². The third-order valence-corrected chi connectivity index (χ3v) is 2.73. The summed E-state index contributed by atoms with van der Waals surface area (Å²) >= 11 is 0. The van der Waals surface area contributed by atoms with E-state index in [-0.39, 0.29) is 12.6 Å².